The molecule has 3 rings (SSSR count). The number of hydrogen-bond donors (Lipinski definition) is 1. The van der Waals surface area contributed by atoms with Crippen LogP contribution >= 0.6 is 0 Å². The van der Waals surface area contributed by atoms with E-state index >= 15 is 0 Å². The molecule has 0 bridgehead atoms. The van der Waals surface area contributed by atoms with Crippen LogP contribution in [0.4, 0.5) is 0 Å². The molecule has 1 aromatic carbocycles. The van der Waals surface area contributed by atoms with E-state index in [9.17, 15) is 9.59 Å². The molecule has 0 saturated carbocycles. The zero-order valence-corrected chi connectivity index (χ0v) is 14.1. The van der Waals surface area contributed by atoms with Crippen molar-refractivity contribution in [1.29, 1.82) is 0 Å². The van der Waals surface area contributed by atoms with Gasteiger partial charge in [-0.1, -0.05) is 19.1 Å². The topological polar surface area (TPSA) is 69.0 Å². The predicted octanol–water partition coefficient (Wildman–Crippen LogP) is 2.50. The van der Waals surface area contributed by atoms with Crippen molar-refractivity contribution in [2.75, 3.05) is 6.61 Å². The number of fused-ring (bicyclic) bond motifs is 1. The van der Waals surface area contributed by atoms with Crippen LogP contribution in [0, 0.1) is 0 Å². The Balaban J connectivity index is 2.30. The molecule has 0 radical (unpaired) electrons. The lowest BCUT2D eigenvalue weighted by atomic mass is 10.1. The summed E-state index contributed by atoms with van der Waals surface area (Å²) < 4.78 is 8.46. The summed E-state index contributed by atoms with van der Waals surface area (Å²) in [6.07, 6.45) is 0.809. The number of benzene rings is 1. The Morgan fingerprint density at radius 3 is 2.62 bits per heavy atom. The summed E-state index contributed by atoms with van der Waals surface area (Å²) in [7, 11) is 1.50. The molecule has 0 saturated heterocycles. The Labute approximate surface area is 139 Å². The van der Waals surface area contributed by atoms with Gasteiger partial charge in [0.2, 0.25) is 0 Å². The van der Waals surface area contributed by atoms with Crippen LogP contribution in [0.3, 0.4) is 0 Å². The normalized spacial score (nSPS) is 11.1. The minimum Gasteiger partial charge on any atom is -0.493 e. The number of nitrogens with zero attached hydrogens (tertiary/aromatic N) is 2. The van der Waals surface area contributed by atoms with Gasteiger partial charge in [-0.3, -0.25) is 13.9 Å². The van der Waals surface area contributed by atoms with Gasteiger partial charge in [-0.25, -0.2) is 4.79 Å². The van der Waals surface area contributed by atoms with Crippen molar-refractivity contribution < 1.29 is 4.74 Å². The summed E-state index contributed by atoms with van der Waals surface area (Å²) in [5, 5.41) is 0. The summed E-state index contributed by atoms with van der Waals surface area (Å²) in [5.41, 5.74) is 2.09. The molecule has 6 nitrogen and oxygen atoms in total. The quantitative estimate of drug-likeness (QED) is 0.783. The number of para-hydroxylation sites is 1. The van der Waals surface area contributed by atoms with Gasteiger partial charge in [0.05, 0.1) is 17.8 Å². The fourth-order valence-electron chi connectivity index (χ4n) is 2.91. The zero-order valence-electron chi connectivity index (χ0n) is 14.1. The van der Waals surface area contributed by atoms with Gasteiger partial charge in [-0.15, -0.1) is 0 Å². The molecule has 24 heavy (non-hydrogen) atoms. The van der Waals surface area contributed by atoms with E-state index in [1.807, 2.05) is 44.2 Å². The third-order valence-electron chi connectivity index (χ3n) is 4.05. The molecule has 0 aliphatic rings. The highest BCUT2D eigenvalue weighted by Crippen LogP contribution is 2.30. The minimum absolute atomic E-state index is 0.294. The number of rotatable bonds is 5. The number of hydrogen-bond acceptors (Lipinski definition) is 3. The fourth-order valence-corrected chi connectivity index (χ4v) is 2.91. The summed E-state index contributed by atoms with van der Waals surface area (Å²) in [5.74, 6) is 0.743. The van der Waals surface area contributed by atoms with Gasteiger partial charge < -0.3 is 9.72 Å². The van der Waals surface area contributed by atoms with Crippen molar-refractivity contribution in [2.24, 2.45) is 7.05 Å². The van der Waals surface area contributed by atoms with Crippen LogP contribution in [0.25, 0.3) is 22.3 Å². The smallest absolute Gasteiger partial charge is 0.331 e. The van der Waals surface area contributed by atoms with E-state index in [4.69, 9.17) is 4.74 Å². The second-order valence-electron chi connectivity index (χ2n) is 5.67. The molecule has 0 amide bonds. The molecule has 2 aromatic heterocycles. The second-order valence-corrected chi connectivity index (χ2v) is 5.67. The first kappa shape index (κ1) is 16.1. The van der Waals surface area contributed by atoms with Crippen molar-refractivity contribution in [1.82, 2.24) is 14.1 Å². The van der Waals surface area contributed by atoms with E-state index in [1.54, 1.807) is 4.57 Å². The predicted molar refractivity (Wildman–Crippen MR) is 94.7 cm³/mol. The fraction of sp³-hybridized carbons (Fsp3) is 0.333. The number of aromatic amines is 1. The first-order valence-electron chi connectivity index (χ1n) is 8.13. The number of aryl methyl sites for hydroxylation is 1. The summed E-state index contributed by atoms with van der Waals surface area (Å²) in [6.45, 7) is 5.05. The molecule has 3 aromatic rings. The van der Waals surface area contributed by atoms with E-state index in [0.717, 1.165) is 28.0 Å². The Kier molecular flexibility index (Phi) is 4.29. The van der Waals surface area contributed by atoms with Crippen LogP contribution in [0.1, 0.15) is 20.3 Å². The lowest BCUT2D eigenvalue weighted by Gasteiger charge is -2.08. The van der Waals surface area contributed by atoms with Crippen molar-refractivity contribution in [3.63, 3.8) is 0 Å². The number of H-pyrrole nitrogens is 1. The first-order chi connectivity index (χ1) is 11.6. The van der Waals surface area contributed by atoms with Gasteiger partial charge in [0.15, 0.2) is 0 Å². The largest absolute Gasteiger partial charge is 0.493 e. The van der Waals surface area contributed by atoms with E-state index in [1.165, 1.54) is 7.05 Å². The molecule has 0 spiro atoms. The maximum absolute atomic E-state index is 12.4. The van der Waals surface area contributed by atoms with Crippen molar-refractivity contribution in [2.45, 2.75) is 26.8 Å². The standard InChI is InChI=1S/C18H21N3O3/c1-4-10-21-14-11-13(12-8-6-7-9-15(12)24-5-2)19-16(14)17(22)20(3)18(21)23/h6-9,11,19H,4-5,10H2,1-3H3. The molecule has 2 heterocycles. The monoisotopic (exact) mass is 327 g/mol. The van der Waals surface area contributed by atoms with Crippen LogP contribution in [0.2, 0.25) is 0 Å². The lowest BCUT2D eigenvalue weighted by Crippen LogP contribution is -2.38. The van der Waals surface area contributed by atoms with Gasteiger partial charge in [0.1, 0.15) is 11.3 Å². The van der Waals surface area contributed by atoms with Crippen LogP contribution in [0.5, 0.6) is 5.75 Å². The molecule has 0 fully saturated rings. The van der Waals surface area contributed by atoms with Crippen LogP contribution in [-0.4, -0.2) is 20.7 Å². The third-order valence-corrected chi connectivity index (χ3v) is 4.05. The van der Waals surface area contributed by atoms with Crippen LogP contribution in [0.15, 0.2) is 39.9 Å². The Hall–Kier alpha value is -2.76. The number of aromatic nitrogens is 3. The SMILES string of the molecule is CCCn1c(=O)n(C)c(=O)c2[nH]c(-c3ccccc3OCC)cc21. The van der Waals surface area contributed by atoms with Crippen molar-refractivity contribution >= 4 is 11.0 Å². The molecular formula is C18H21N3O3. The zero-order chi connectivity index (χ0) is 17.3. The third kappa shape index (κ3) is 2.54. The maximum Gasteiger partial charge on any atom is 0.331 e. The lowest BCUT2D eigenvalue weighted by molar-refractivity contribution is 0.341. The van der Waals surface area contributed by atoms with E-state index < -0.39 is 0 Å². The van der Waals surface area contributed by atoms with E-state index in [-0.39, 0.29) is 11.2 Å². The summed E-state index contributed by atoms with van der Waals surface area (Å²) in [4.78, 5) is 28.0. The summed E-state index contributed by atoms with van der Waals surface area (Å²) in [6, 6.07) is 9.50. The first-order valence-corrected chi connectivity index (χ1v) is 8.13. The number of ether oxygens (including phenoxy) is 1. The van der Waals surface area contributed by atoms with Crippen LogP contribution < -0.4 is 16.0 Å². The van der Waals surface area contributed by atoms with Gasteiger partial charge in [0.25, 0.3) is 5.56 Å². The summed E-state index contributed by atoms with van der Waals surface area (Å²) >= 11 is 0. The molecule has 1 N–H and O–H groups in total. The van der Waals surface area contributed by atoms with Crippen molar-refractivity contribution in [3.8, 4) is 17.0 Å². The van der Waals surface area contributed by atoms with Crippen LogP contribution in [-0.2, 0) is 13.6 Å². The minimum atomic E-state index is -0.317. The molecule has 0 aliphatic carbocycles. The average Bonchev–Trinajstić information content (AvgIpc) is 3.02. The van der Waals surface area contributed by atoms with E-state index in [0.29, 0.717) is 24.2 Å². The highest BCUT2D eigenvalue weighted by atomic mass is 16.5. The van der Waals surface area contributed by atoms with Crippen molar-refractivity contribution in [3.05, 3.63) is 51.2 Å². The van der Waals surface area contributed by atoms with Gasteiger partial charge in [-0.05, 0) is 31.5 Å². The molecular weight excluding hydrogens is 306 g/mol. The molecule has 126 valence electrons. The number of nitrogens with one attached hydrogen (secondary N) is 1. The second kappa shape index (κ2) is 6.39. The molecule has 0 unspecified atom stereocenters. The highest BCUT2D eigenvalue weighted by Gasteiger charge is 2.16. The Morgan fingerprint density at radius 2 is 1.92 bits per heavy atom. The molecule has 6 heteroatoms. The average molecular weight is 327 g/mol. The molecule has 0 atom stereocenters. The highest BCUT2D eigenvalue weighted by molar-refractivity contribution is 5.84. The van der Waals surface area contributed by atoms with Gasteiger partial charge in [0, 0.05) is 19.2 Å². The van der Waals surface area contributed by atoms with E-state index in [2.05, 4.69) is 4.98 Å². The maximum atomic E-state index is 12.4. The van der Waals surface area contributed by atoms with Gasteiger partial charge in [-0.2, -0.15) is 0 Å². The van der Waals surface area contributed by atoms with Gasteiger partial charge >= 0.3 is 5.69 Å². The Morgan fingerprint density at radius 1 is 1.17 bits per heavy atom. The molecule has 0 aliphatic heterocycles. The Bertz CT molecular complexity index is 995.